The van der Waals surface area contributed by atoms with Crippen LogP contribution in [0.4, 0.5) is 0 Å². The fraction of sp³-hybridized carbons (Fsp3) is 0.545. The Kier molecular flexibility index (Phi) is 3.61. The van der Waals surface area contributed by atoms with Crippen molar-refractivity contribution in [2.45, 2.75) is 38.5 Å². The minimum atomic E-state index is -1.03. The Labute approximate surface area is 103 Å². The molecule has 1 fully saturated rings. The van der Waals surface area contributed by atoms with Crippen LogP contribution < -0.4 is 5.32 Å². The Morgan fingerprint density at radius 1 is 1.50 bits per heavy atom. The van der Waals surface area contributed by atoms with Gasteiger partial charge in [0, 0.05) is 6.07 Å². The Morgan fingerprint density at radius 3 is 2.78 bits per heavy atom. The van der Waals surface area contributed by atoms with Crippen LogP contribution in [0.15, 0.2) is 10.6 Å². The molecule has 0 aliphatic carbocycles. The van der Waals surface area contributed by atoms with E-state index in [4.69, 9.17) is 14.4 Å². The van der Waals surface area contributed by atoms with Crippen molar-refractivity contribution in [1.29, 1.82) is 0 Å². The van der Waals surface area contributed by atoms with Crippen LogP contribution in [0.1, 0.15) is 24.3 Å². The van der Waals surface area contributed by atoms with E-state index in [1.54, 1.807) is 13.0 Å². The van der Waals surface area contributed by atoms with Gasteiger partial charge in [0.2, 0.25) is 5.91 Å². The van der Waals surface area contributed by atoms with Gasteiger partial charge in [-0.2, -0.15) is 0 Å². The zero-order valence-corrected chi connectivity index (χ0v) is 9.88. The number of nitrogens with one attached hydrogen (secondary N) is 1. The predicted molar refractivity (Wildman–Crippen MR) is 58.6 cm³/mol. The van der Waals surface area contributed by atoms with Crippen LogP contribution in [0.2, 0.25) is 0 Å². The van der Waals surface area contributed by atoms with Crippen LogP contribution >= 0.6 is 0 Å². The lowest BCUT2D eigenvalue weighted by atomic mass is 10.2. The van der Waals surface area contributed by atoms with Crippen molar-refractivity contribution in [3.8, 4) is 0 Å². The molecule has 98 valence electrons. The summed E-state index contributed by atoms with van der Waals surface area (Å²) in [7, 11) is 0. The van der Waals surface area contributed by atoms with Crippen LogP contribution in [0.5, 0.6) is 0 Å². The number of carboxylic acids is 1. The van der Waals surface area contributed by atoms with Gasteiger partial charge in [0.05, 0.1) is 12.2 Å². The summed E-state index contributed by atoms with van der Waals surface area (Å²) in [6.07, 6.45) is -0.809. The Balaban J connectivity index is 1.80. The number of rotatable bonds is 4. The Hall–Kier alpha value is -1.89. The van der Waals surface area contributed by atoms with E-state index < -0.39 is 18.2 Å². The zero-order valence-electron chi connectivity index (χ0n) is 9.88. The van der Waals surface area contributed by atoms with E-state index in [0.29, 0.717) is 18.6 Å². The maximum Gasteiger partial charge on any atom is 0.332 e. The van der Waals surface area contributed by atoms with Gasteiger partial charge in [0.15, 0.2) is 11.9 Å². The molecule has 1 aromatic rings. The van der Waals surface area contributed by atoms with Gasteiger partial charge in [-0.1, -0.05) is 5.16 Å². The number of carboxylic acid groups (broad SMARTS) is 1. The molecule has 1 amide bonds. The first-order valence-electron chi connectivity index (χ1n) is 5.64. The maximum absolute atomic E-state index is 11.7. The van der Waals surface area contributed by atoms with Crippen molar-refractivity contribution in [3.05, 3.63) is 17.5 Å². The second-order valence-electron chi connectivity index (χ2n) is 4.18. The number of carbonyl (C=O) groups is 2. The molecule has 0 saturated carbocycles. The molecule has 2 heterocycles. The van der Waals surface area contributed by atoms with E-state index >= 15 is 0 Å². The molecule has 7 heteroatoms. The van der Waals surface area contributed by atoms with Gasteiger partial charge in [0.25, 0.3) is 0 Å². The Morgan fingerprint density at radius 2 is 2.22 bits per heavy atom. The molecule has 0 aromatic carbocycles. The summed E-state index contributed by atoms with van der Waals surface area (Å²) in [4.78, 5) is 22.4. The highest BCUT2D eigenvalue weighted by Gasteiger charge is 2.34. The quantitative estimate of drug-likeness (QED) is 0.797. The fourth-order valence-electron chi connectivity index (χ4n) is 1.80. The standard InChI is InChI=1S/C11H14N2O5/c1-6-4-7(18-13-6)5-12-10(14)8-2-3-9(17-8)11(15)16/h4,8-9H,2-3,5H2,1H3,(H,12,14)(H,15,16). The van der Waals surface area contributed by atoms with E-state index in [1.807, 2.05) is 0 Å². The number of aromatic nitrogens is 1. The van der Waals surface area contributed by atoms with Crippen molar-refractivity contribution in [3.63, 3.8) is 0 Å². The molecular formula is C11H14N2O5. The van der Waals surface area contributed by atoms with Gasteiger partial charge in [-0.25, -0.2) is 4.79 Å². The van der Waals surface area contributed by atoms with Gasteiger partial charge in [-0.3, -0.25) is 4.79 Å². The first kappa shape index (κ1) is 12.6. The van der Waals surface area contributed by atoms with Crippen molar-refractivity contribution in [2.24, 2.45) is 0 Å². The van der Waals surface area contributed by atoms with Crippen molar-refractivity contribution in [1.82, 2.24) is 10.5 Å². The highest BCUT2D eigenvalue weighted by atomic mass is 16.5. The monoisotopic (exact) mass is 254 g/mol. The number of hydrogen-bond acceptors (Lipinski definition) is 5. The molecule has 2 atom stereocenters. The summed E-state index contributed by atoms with van der Waals surface area (Å²) in [6, 6.07) is 1.72. The lowest BCUT2D eigenvalue weighted by Crippen LogP contribution is -2.35. The van der Waals surface area contributed by atoms with Crippen LogP contribution in [0.25, 0.3) is 0 Å². The molecule has 1 aliphatic heterocycles. The number of aliphatic carboxylic acids is 1. The van der Waals surface area contributed by atoms with Gasteiger partial charge in [-0.05, 0) is 19.8 Å². The number of aryl methyl sites for hydroxylation is 1. The third-order valence-electron chi connectivity index (χ3n) is 2.70. The average Bonchev–Trinajstić information content (AvgIpc) is 2.94. The summed E-state index contributed by atoms with van der Waals surface area (Å²) in [5.74, 6) is -0.808. The van der Waals surface area contributed by atoms with Crippen LogP contribution in [0.3, 0.4) is 0 Å². The summed E-state index contributed by atoms with van der Waals surface area (Å²) in [6.45, 7) is 2.00. The lowest BCUT2D eigenvalue weighted by molar-refractivity contribution is -0.151. The predicted octanol–water partition coefficient (Wildman–Crippen LogP) is 0.231. The summed E-state index contributed by atoms with van der Waals surface area (Å²) < 4.78 is 10.1. The second-order valence-corrected chi connectivity index (χ2v) is 4.18. The van der Waals surface area contributed by atoms with Gasteiger partial charge >= 0.3 is 5.97 Å². The molecular weight excluding hydrogens is 240 g/mol. The zero-order chi connectivity index (χ0) is 13.1. The van der Waals surface area contributed by atoms with E-state index in [0.717, 1.165) is 5.69 Å². The highest BCUT2D eigenvalue weighted by molar-refractivity contribution is 5.82. The van der Waals surface area contributed by atoms with Crippen LogP contribution in [-0.2, 0) is 20.9 Å². The molecule has 0 bridgehead atoms. The summed E-state index contributed by atoms with van der Waals surface area (Å²) in [5.41, 5.74) is 0.738. The van der Waals surface area contributed by atoms with E-state index in [9.17, 15) is 9.59 Å². The first-order chi connectivity index (χ1) is 8.56. The minimum absolute atomic E-state index is 0.220. The molecule has 7 nitrogen and oxygen atoms in total. The second kappa shape index (κ2) is 5.18. The van der Waals surface area contributed by atoms with Crippen LogP contribution in [-0.4, -0.2) is 34.3 Å². The molecule has 2 unspecified atom stereocenters. The van der Waals surface area contributed by atoms with Crippen LogP contribution in [0, 0.1) is 6.92 Å². The van der Waals surface area contributed by atoms with E-state index in [1.165, 1.54) is 0 Å². The van der Waals surface area contributed by atoms with Crippen molar-refractivity contribution >= 4 is 11.9 Å². The molecule has 1 aliphatic rings. The first-order valence-corrected chi connectivity index (χ1v) is 5.64. The molecule has 2 N–H and O–H groups in total. The van der Waals surface area contributed by atoms with Gasteiger partial charge in [0.1, 0.15) is 6.10 Å². The molecule has 0 spiro atoms. The lowest BCUT2D eigenvalue weighted by Gasteiger charge is -2.10. The smallest absolute Gasteiger partial charge is 0.332 e. The van der Waals surface area contributed by atoms with E-state index in [2.05, 4.69) is 10.5 Å². The average molecular weight is 254 g/mol. The molecule has 2 rings (SSSR count). The number of amides is 1. The number of ether oxygens (including phenoxy) is 1. The SMILES string of the molecule is Cc1cc(CNC(=O)C2CCC(C(=O)O)O2)on1. The largest absolute Gasteiger partial charge is 0.479 e. The Bertz CT molecular complexity index is 456. The number of nitrogens with zero attached hydrogens (tertiary/aromatic N) is 1. The third-order valence-corrected chi connectivity index (χ3v) is 2.70. The van der Waals surface area contributed by atoms with Crippen molar-refractivity contribution in [2.75, 3.05) is 0 Å². The minimum Gasteiger partial charge on any atom is -0.479 e. The fourth-order valence-corrected chi connectivity index (χ4v) is 1.80. The molecule has 18 heavy (non-hydrogen) atoms. The highest BCUT2D eigenvalue weighted by Crippen LogP contribution is 2.20. The summed E-state index contributed by atoms with van der Waals surface area (Å²) in [5, 5.41) is 15.1. The molecule has 1 saturated heterocycles. The summed E-state index contributed by atoms with van der Waals surface area (Å²) >= 11 is 0. The van der Waals surface area contributed by atoms with E-state index in [-0.39, 0.29) is 12.5 Å². The molecule has 0 radical (unpaired) electrons. The number of hydrogen-bond donors (Lipinski definition) is 2. The topological polar surface area (TPSA) is 102 Å². The van der Waals surface area contributed by atoms with Gasteiger partial charge in [-0.15, -0.1) is 0 Å². The normalized spacial score (nSPS) is 22.9. The number of carbonyl (C=O) groups excluding carboxylic acids is 1. The maximum atomic E-state index is 11.7. The van der Waals surface area contributed by atoms with Gasteiger partial charge < -0.3 is 19.7 Å². The third kappa shape index (κ3) is 2.86. The molecule has 1 aromatic heterocycles. The van der Waals surface area contributed by atoms with Crippen molar-refractivity contribution < 1.29 is 24.0 Å².